The molecule has 13 heteroatoms. The molecule has 3 aliphatic rings. The molecule has 3 fully saturated rings. The number of nitrogens with one attached hydrogen (secondary N) is 2. The van der Waals surface area contributed by atoms with Crippen LogP contribution in [0.15, 0.2) is 33.6 Å². The van der Waals surface area contributed by atoms with E-state index in [9.17, 15) is 18.0 Å². The van der Waals surface area contributed by atoms with E-state index in [4.69, 9.17) is 19.5 Å². The normalized spacial score (nSPS) is 20.7. The second-order valence-electron chi connectivity index (χ2n) is 12.6. The van der Waals surface area contributed by atoms with Crippen molar-refractivity contribution in [3.8, 4) is 11.6 Å². The highest BCUT2D eigenvalue weighted by molar-refractivity contribution is 5.87. The maximum absolute atomic E-state index is 13.4. The van der Waals surface area contributed by atoms with Crippen molar-refractivity contribution in [2.75, 3.05) is 16.8 Å². The molecule has 0 spiro atoms. The number of imidazole rings is 1. The predicted molar refractivity (Wildman–Crippen MR) is 159 cm³/mol. The van der Waals surface area contributed by atoms with Gasteiger partial charge in [-0.1, -0.05) is 43.0 Å². The summed E-state index contributed by atoms with van der Waals surface area (Å²) in [6.07, 6.45) is 7.27. The largest absolute Gasteiger partial charge is 0.439 e. The first kappa shape index (κ1) is 28.8. The van der Waals surface area contributed by atoms with E-state index in [0.29, 0.717) is 41.4 Å². The van der Waals surface area contributed by atoms with Gasteiger partial charge in [-0.2, -0.15) is 18.2 Å². The molecule has 0 bridgehead atoms. The van der Waals surface area contributed by atoms with Gasteiger partial charge in [0.05, 0.1) is 12.1 Å². The van der Waals surface area contributed by atoms with Crippen LogP contribution >= 0.6 is 0 Å². The maximum Gasteiger partial charge on any atom is 0.439 e. The molecule has 1 aromatic carbocycles. The summed E-state index contributed by atoms with van der Waals surface area (Å²) in [6.45, 7) is 3.27. The first-order valence-electron chi connectivity index (χ1n) is 15.8. The molecule has 4 aromatic rings. The number of hydrogen-bond donors (Lipinski definition) is 2. The Kier molecular flexibility index (Phi) is 7.57. The molecule has 2 unspecified atom stereocenters. The number of benzene rings is 1. The number of nitrogens with zero attached hydrogens (tertiary/aromatic N) is 6. The van der Waals surface area contributed by atoms with Crippen LogP contribution in [-0.2, 0) is 12.7 Å². The topological polar surface area (TPSA) is 118 Å². The molecular formula is C31H37F3N8O2. The number of hydrogen-bond acceptors (Lipinski definition) is 8. The van der Waals surface area contributed by atoms with Gasteiger partial charge in [-0.25, -0.2) is 14.8 Å². The molecule has 2 saturated carbocycles. The van der Waals surface area contributed by atoms with Crippen LogP contribution in [-0.4, -0.2) is 48.3 Å². The number of H-pyrrole nitrogens is 1. The minimum atomic E-state index is -4.41. The molecule has 3 aromatic heterocycles. The van der Waals surface area contributed by atoms with Gasteiger partial charge in [-0.15, -0.1) is 0 Å². The fourth-order valence-corrected chi connectivity index (χ4v) is 7.23. The Labute approximate surface area is 252 Å². The van der Waals surface area contributed by atoms with Gasteiger partial charge in [-0.3, -0.25) is 9.51 Å². The molecule has 2 aliphatic carbocycles. The summed E-state index contributed by atoms with van der Waals surface area (Å²) in [5.41, 5.74) is 1.14. The number of rotatable bonds is 8. The Hall–Kier alpha value is -3.90. The number of anilines is 2. The first-order valence-corrected chi connectivity index (χ1v) is 15.8. The summed E-state index contributed by atoms with van der Waals surface area (Å²) in [6, 6.07) is 5.76. The highest BCUT2D eigenvalue weighted by Crippen LogP contribution is 2.40. The van der Waals surface area contributed by atoms with Gasteiger partial charge in [-0.05, 0) is 75.0 Å². The van der Waals surface area contributed by atoms with Crippen molar-refractivity contribution in [3.63, 3.8) is 0 Å². The van der Waals surface area contributed by atoms with Crippen LogP contribution in [0.4, 0.5) is 24.9 Å². The molecule has 4 heterocycles. The third-order valence-corrected chi connectivity index (χ3v) is 9.83. The number of aromatic amines is 1. The minimum absolute atomic E-state index is 0.108. The van der Waals surface area contributed by atoms with E-state index in [0.717, 1.165) is 55.9 Å². The maximum atomic E-state index is 13.4. The van der Waals surface area contributed by atoms with E-state index < -0.39 is 17.5 Å². The summed E-state index contributed by atoms with van der Waals surface area (Å²) in [4.78, 5) is 31.4. The van der Waals surface area contributed by atoms with Crippen LogP contribution in [0.5, 0.6) is 0 Å². The molecule has 44 heavy (non-hydrogen) atoms. The highest BCUT2D eigenvalue weighted by Gasteiger charge is 2.36. The van der Waals surface area contributed by atoms with Gasteiger partial charge in [0.25, 0.3) is 0 Å². The second kappa shape index (κ2) is 11.6. The SMILES string of the molecule is CC(Nc1nc(-c2noc(=O)[nH]2)nc2nc(N3CCCC3C3CCCCC3)n(Cc3ccc(C(F)(F)F)cc3)c12)C1CCC1. The van der Waals surface area contributed by atoms with E-state index in [1.54, 1.807) is 0 Å². The number of halogens is 3. The van der Waals surface area contributed by atoms with Gasteiger partial charge in [0, 0.05) is 18.6 Å². The zero-order chi connectivity index (χ0) is 30.4. The van der Waals surface area contributed by atoms with E-state index in [2.05, 4.69) is 31.8 Å². The zero-order valence-electron chi connectivity index (χ0n) is 24.7. The highest BCUT2D eigenvalue weighted by atomic mass is 19.4. The van der Waals surface area contributed by atoms with Gasteiger partial charge in [0.1, 0.15) is 5.52 Å². The average molecular weight is 611 g/mol. The molecule has 1 aliphatic heterocycles. The lowest BCUT2D eigenvalue weighted by Crippen LogP contribution is -2.38. The molecule has 7 rings (SSSR count). The predicted octanol–water partition coefficient (Wildman–Crippen LogP) is 6.39. The lowest BCUT2D eigenvalue weighted by atomic mass is 9.80. The summed E-state index contributed by atoms with van der Waals surface area (Å²) >= 11 is 0. The summed E-state index contributed by atoms with van der Waals surface area (Å²) in [5.74, 6) is 1.94. The van der Waals surface area contributed by atoms with Crippen LogP contribution in [0.25, 0.3) is 22.8 Å². The Morgan fingerprint density at radius 2 is 1.77 bits per heavy atom. The van der Waals surface area contributed by atoms with E-state index >= 15 is 0 Å². The molecule has 0 radical (unpaired) electrons. The third-order valence-electron chi connectivity index (χ3n) is 9.83. The number of alkyl halides is 3. The second-order valence-corrected chi connectivity index (χ2v) is 12.6. The van der Waals surface area contributed by atoms with E-state index in [1.165, 1.54) is 50.7 Å². The third kappa shape index (κ3) is 5.56. The molecule has 234 valence electrons. The van der Waals surface area contributed by atoms with Crippen molar-refractivity contribution in [1.82, 2.24) is 29.7 Å². The number of fused-ring (bicyclic) bond motifs is 1. The number of aromatic nitrogens is 6. The molecule has 0 amide bonds. The van der Waals surface area contributed by atoms with Crippen molar-refractivity contribution in [2.45, 2.75) is 95.9 Å². The Balaban J connectivity index is 1.37. The van der Waals surface area contributed by atoms with Crippen LogP contribution in [0.1, 0.15) is 82.3 Å². The summed E-state index contributed by atoms with van der Waals surface area (Å²) in [7, 11) is 0. The standard InChI is InChI=1S/C31H37F3N8O2/c1-18(20-9-5-10-20)35-25-24-26(37-27(36-25)28-39-30(43)44-40-28)38-29(41-16-6-11-23(41)21-7-3-2-4-8-21)42(24)17-19-12-14-22(15-13-19)31(32,33)34/h12-15,18,20-21,23H,2-11,16-17H2,1H3,(H,35,36,37)(H,39,40,43). The first-order chi connectivity index (χ1) is 21.2. The fourth-order valence-electron chi connectivity index (χ4n) is 7.23. The van der Waals surface area contributed by atoms with Crippen LogP contribution < -0.4 is 16.0 Å². The van der Waals surface area contributed by atoms with Crippen LogP contribution in [0.3, 0.4) is 0 Å². The van der Waals surface area contributed by atoms with Crippen molar-refractivity contribution >= 4 is 22.9 Å². The van der Waals surface area contributed by atoms with Crippen molar-refractivity contribution < 1.29 is 17.7 Å². The zero-order valence-corrected chi connectivity index (χ0v) is 24.7. The summed E-state index contributed by atoms with van der Waals surface area (Å²) < 4.78 is 46.9. The summed E-state index contributed by atoms with van der Waals surface area (Å²) in [5, 5.41) is 7.43. The van der Waals surface area contributed by atoms with Gasteiger partial charge >= 0.3 is 11.9 Å². The Morgan fingerprint density at radius 1 is 1.00 bits per heavy atom. The van der Waals surface area contributed by atoms with Gasteiger partial charge in [0.15, 0.2) is 11.5 Å². The van der Waals surface area contributed by atoms with Crippen molar-refractivity contribution in [2.24, 2.45) is 11.8 Å². The van der Waals surface area contributed by atoms with E-state index in [-0.39, 0.29) is 17.7 Å². The fraction of sp³-hybridized carbons (Fsp3) is 0.581. The van der Waals surface area contributed by atoms with Crippen molar-refractivity contribution in [1.29, 1.82) is 0 Å². The van der Waals surface area contributed by atoms with Gasteiger partial charge < -0.3 is 14.8 Å². The minimum Gasteiger partial charge on any atom is -0.365 e. The molecule has 1 saturated heterocycles. The van der Waals surface area contributed by atoms with Crippen molar-refractivity contribution in [3.05, 3.63) is 45.9 Å². The lowest BCUT2D eigenvalue weighted by Gasteiger charge is -2.35. The lowest BCUT2D eigenvalue weighted by molar-refractivity contribution is -0.137. The van der Waals surface area contributed by atoms with E-state index in [1.807, 2.05) is 0 Å². The van der Waals surface area contributed by atoms with Crippen LogP contribution in [0.2, 0.25) is 0 Å². The Morgan fingerprint density at radius 3 is 2.43 bits per heavy atom. The molecule has 10 nitrogen and oxygen atoms in total. The smallest absolute Gasteiger partial charge is 0.365 e. The monoisotopic (exact) mass is 610 g/mol. The van der Waals surface area contributed by atoms with Crippen LogP contribution in [0, 0.1) is 11.8 Å². The molecule has 2 N–H and O–H groups in total. The molecular weight excluding hydrogens is 573 g/mol. The van der Waals surface area contributed by atoms with Gasteiger partial charge in [0.2, 0.25) is 17.6 Å². The molecule has 2 atom stereocenters. The average Bonchev–Trinajstić information content (AvgIpc) is 3.71. The quantitative estimate of drug-likeness (QED) is 0.236. The Bertz CT molecular complexity index is 1670.